The minimum absolute atomic E-state index is 0.191. The molecule has 102 valence electrons. The molecule has 3 aromatic rings. The SMILES string of the molecule is Cc1ncc(-c2[nH]nc(N)c2-c2cc(F)cc(F)c2)s1. The highest BCUT2D eigenvalue weighted by atomic mass is 32.1. The number of nitrogens with one attached hydrogen (secondary N) is 1. The zero-order valence-electron chi connectivity index (χ0n) is 10.4. The van der Waals surface area contributed by atoms with Gasteiger partial charge in [0.15, 0.2) is 5.82 Å². The van der Waals surface area contributed by atoms with Crippen LogP contribution in [-0.4, -0.2) is 15.2 Å². The molecule has 1 aromatic carbocycles. The largest absolute Gasteiger partial charge is 0.382 e. The van der Waals surface area contributed by atoms with Gasteiger partial charge in [0.05, 0.1) is 21.1 Å². The van der Waals surface area contributed by atoms with Gasteiger partial charge >= 0.3 is 0 Å². The third kappa shape index (κ3) is 2.16. The van der Waals surface area contributed by atoms with Gasteiger partial charge in [-0.15, -0.1) is 11.3 Å². The van der Waals surface area contributed by atoms with Crippen LogP contribution in [0.15, 0.2) is 24.4 Å². The Kier molecular flexibility index (Phi) is 2.98. The fraction of sp³-hybridized carbons (Fsp3) is 0.0769. The van der Waals surface area contributed by atoms with Gasteiger partial charge in [0.2, 0.25) is 0 Å². The summed E-state index contributed by atoms with van der Waals surface area (Å²) in [7, 11) is 0. The molecule has 0 aliphatic rings. The van der Waals surface area contributed by atoms with E-state index in [0.717, 1.165) is 16.0 Å². The fourth-order valence-electron chi connectivity index (χ4n) is 2.00. The number of thiazole rings is 1. The molecular formula is C13H10F2N4S. The Labute approximate surface area is 117 Å². The number of rotatable bonds is 2. The van der Waals surface area contributed by atoms with Crippen molar-refractivity contribution >= 4 is 17.2 Å². The summed E-state index contributed by atoms with van der Waals surface area (Å²) in [6, 6.07) is 3.26. The Morgan fingerprint density at radius 1 is 1.20 bits per heavy atom. The van der Waals surface area contributed by atoms with E-state index in [1.165, 1.54) is 23.5 Å². The number of aryl methyl sites for hydroxylation is 1. The first-order chi connectivity index (χ1) is 9.54. The van der Waals surface area contributed by atoms with Gasteiger partial charge in [-0.3, -0.25) is 5.10 Å². The molecule has 4 nitrogen and oxygen atoms in total. The molecule has 0 aliphatic carbocycles. The van der Waals surface area contributed by atoms with Crippen LogP contribution in [0, 0.1) is 18.6 Å². The van der Waals surface area contributed by atoms with E-state index in [4.69, 9.17) is 5.73 Å². The lowest BCUT2D eigenvalue weighted by Gasteiger charge is -2.03. The second-order valence-corrected chi connectivity index (χ2v) is 5.50. The molecule has 0 unspecified atom stereocenters. The third-order valence-corrected chi connectivity index (χ3v) is 3.74. The van der Waals surface area contributed by atoms with Crippen molar-refractivity contribution in [3.8, 4) is 21.7 Å². The Morgan fingerprint density at radius 3 is 2.50 bits per heavy atom. The lowest BCUT2D eigenvalue weighted by atomic mass is 10.0. The van der Waals surface area contributed by atoms with E-state index in [1.54, 1.807) is 6.20 Å². The number of halogens is 2. The van der Waals surface area contributed by atoms with Crippen LogP contribution < -0.4 is 5.73 Å². The van der Waals surface area contributed by atoms with Gasteiger partial charge in [0.1, 0.15) is 11.6 Å². The number of H-pyrrole nitrogens is 1. The van der Waals surface area contributed by atoms with Crippen molar-refractivity contribution in [2.45, 2.75) is 6.92 Å². The number of anilines is 1. The van der Waals surface area contributed by atoms with E-state index < -0.39 is 11.6 Å². The molecular weight excluding hydrogens is 282 g/mol. The maximum Gasteiger partial charge on any atom is 0.153 e. The van der Waals surface area contributed by atoms with Crippen LogP contribution in [-0.2, 0) is 0 Å². The number of hydrogen-bond donors (Lipinski definition) is 2. The molecule has 3 rings (SSSR count). The van der Waals surface area contributed by atoms with Gasteiger partial charge in [0.25, 0.3) is 0 Å². The van der Waals surface area contributed by atoms with Crippen molar-refractivity contribution in [1.82, 2.24) is 15.2 Å². The van der Waals surface area contributed by atoms with E-state index in [-0.39, 0.29) is 5.82 Å². The zero-order chi connectivity index (χ0) is 14.3. The van der Waals surface area contributed by atoms with Crippen LogP contribution in [0.2, 0.25) is 0 Å². The number of hydrogen-bond acceptors (Lipinski definition) is 4. The summed E-state index contributed by atoms with van der Waals surface area (Å²) >= 11 is 1.45. The fourth-order valence-corrected chi connectivity index (χ4v) is 2.78. The molecule has 2 aromatic heterocycles. The summed E-state index contributed by atoms with van der Waals surface area (Å²) in [5.74, 6) is -1.13. The van der Waals surface area contributed by atoms with Crippen molar-refractivity contribution in [1.29, 1.82) is 0 Å². The summed E-state index contributed by atoms with van der Waals surface area (Å²) in [4.78, 5) is 4.97. The molecule has 0 atom stereocenters. The number of nitrogens with zero attached hydrogens (tertiary/aromatic N) is 2. The molecule has 0 saturated carbocycles. The lowest BCUT2D eigenvalue weighted by molar-refractivity contribution is 0.584. The molecule has 0 fully saturated rings. The summed E-state index contributed by atoms with van der Waals surface area (Å²) in [5, 5.41) is 7.60. The first-order valence-electron chi connectivity index (χ1n) is 5.77. The number of aromatic amines is 1. The Balaban J connectivity index is 2.21. The van der Waals surface area contributed by atoms with E-state index in [9.17, 15) is 8.78 Å². The molecule has 0 radical (unpaired) electrons. The van der Waals surface area contributed by atoms with Gasteiger partial charge < -0.3 is 5.73 Å². The number of nitrogen functional groups attached to an aromatic ring is 1. The zero-order valence-corrected chi connectivity index (χ0v) is 11.3. The minimum atomic E-state index is -0.660. The van der Waals surface area contributed by atoms with Crippen molar-refractivity contribution in [2.75, 3.05) is 5.73 Å². The maximum atomic E-state index is 13.4. The third-order valence-electron chi connectivity index (χ3n) is 2.81. The van der Waals surface area contributed by atoms with Crippen LogP contribution in [0.3, 0.4) is 0 Å². The predicted molar refractivity (Wildman–Crippen MR) is 74.2 cm³/mol. The van der Waals surface area contributed by atoms with Gasteiger partial charge in [-0.2, -0.15) is 5.10 Å². The monoisotopic (exact) mass is 292 g/mol. The van der Waals surface area contributed by atoms with Crippen molar-refractivity contribution < 1.29 is 8.78 Å². The molecule has 7 heteroatoms. The lowest BCUT2D eigenvalue weighted by Crippen LogP contribution is -1.90. The molecule has 0 amide bonds. The Hall–Kier alpha value is -2.28. The quantitative estimate of drug-likeness (QED) is 0.761. The van der Waals surface area contributed by atoms with E-state index in [0.29, 0.717) is 16.8 Å². The van der Waals surface area contributed by atoms with Crippen LogP contribution in [0.4, 0.5) is 14.6 Å². The molecule has 0 saturated heterocycles. The standard InChI is InChI=1S/C13H10F2N4S/c1-6-17-5-10(20-6)12-11(13(16)19-18-12)7-2-8(14)4-9(15)3-7/h2-5H,1H3,(H3,16,18,19). The summed E-state index contributed by atoms with van der Waals surface area (Å²) in [5.41, 5.74) is 7.25. The molecule has 0 aliphatic heterocycles. The van der Waals surface area contributed by atoms with Crippen LogP contribution >= 0.6 is 11.3 Å². The van der Waals surface area contributed by atoms with E-state index in [1.807, 2.05) is 6.92 Å². The topological polar surface area (TPSA) is 67.6 Å². The Bertz CT molecular complexity index is 758. The smallest absolute Gasteiger partial charge is 0.153 e. The van der Waals surface area contributed by atoms with Crippen molar-refractivity contribution in [3.63, 3.8) is 0 Å². The van der Waals surface area contributed by atoms with Crippen LogP contribution in [0.25, 0.3) is 21.7 Å². The first-order valence-corrected chi connectivity index (χ1v) is 6.59. The molecule has 3 N–H and O–H groups in total. The van der Waals surface area contributed by atoms with Crippen LogP contribution in [0.1, 0.15) is 5.01 Å². The van der Waals surface area contributed by atoms with E-state index >= 15 is 0 Å². The van der Waals surface area contributed by atoms with E-state index in [2.05, 4.69) is 15.2 Å². The van der Waals surface area contributed by atoms with Crippen LogP contribution in [0.5, 0.6) is 0 Å². The molecule has 20 heavy (non-hydrogen) atoms. The van der Waals surface area contributed by atoms with Crippen molar-refractivity contribution in [3.05, 3.63) is 41.0 Å². The average Bonchev–Trinajstić information content (AvgIpc) is 2.94. The molecule has 0 spiro atoms. The van der Waals surface area contributed by atoms with Gasteiger partial charge in [0, 0.05) is 12.3 Å². The van der Waals surface area contributed by atoms with Gasteiger partial charge in [-0.05, 0) is 24.6 Å². The number of benzene rings is 1. The highest BCUT2D eigenvalue weighted by Gasteiger charge is 2.17. The number of aromatic nitrogens is 3. The highest BCUT2D eigenvalue weighted by molar-refractivity contribution is 7.15. The first kappa shape index (κ1) is 12.7. The normalized spacial score (nSPS) is 10.9. The van der Waals surface area contributed by atoms with Gasteiger partial charge in [-0.1, -0.05) is 0 Å². The second kappa shape index (κ2) is 4.68. The maximum absolute atomic E-state index is 13.4. The second-order valence-electron chi connectivity index (χ2n) is 4.26. The molecule has 2 heterocycles. The number of nitrogens with two attached hydrogens (primary N) is 1. The summed E-state index contributed by atoms with van der Waals surface area (Å²) in [6.45, 7) is 1.87. The van der Waals surface area contributed by atoms with Crippen molar-refractivity contribution in [2.24, 2.45) is 0 Å². The average molecular weight is 292 g/mol. The predicted octanol–water partition coefficient (Wildman–Crippen LogP) is 3.37. The highest BCUT2D eigenvalue weighted by Crippen LogP contribution is 2.37. The summed E-state index contributed by atoms with van der Waals surface area (Å²) < 4.78 is 26.7. The summed E-state index contributed by atoms with van der Waals surface area (Å²) in [6.07, 6.45) is 1.67. The Morgan fingerprint density at radius 2 is 1.90 bits per heavy atom. The minimum Gasteiger partial charge on any atom is -0.382 e. The molecule has 0 bridgehead atoms. The van der Waals surface area contributed by atoms with Gasteiger partial charge in [-0.25, -0.2) is 13.8 Å².